The smallest absolute Gasteiger partial charge is 0.379 e. The van der Waals surface area contributed by atoms with E-state index in [0.717, 1.165) is 41.7 Å². The zero-order valence-corrected chi connectivity index (χ0v) is 14.8. The van der Waals surface area contributed by atoms with E-state index in [1.165, 1.54) is 4.90 Å². The number of hydrogen-bond acceptors (Lipinski definition) is 3. The molecule has 0 saturated carbocycles. The number of pyridine rings is 1. The maximum atomic E-state index is 13.3. The fourth-order valence-electron chi connectivity index (χ4n) is 3.11. The highest BCUT2D eigenvalue weighted by Crippen LogP contribution is 2.37. The van der Waals surface area contributed by atoms with Crippen molar-refractivity contribution in [3.63, 3.8) is 0 Å². The van der Waals surface area contributed by atoms with Crippen LogP contribution in [0.4, 0.5) is 24.5 Å². The summed E-state index contributed by atoms with van der Waals surface area (Å²) < 4.78 is 40.0. The number of carbonyl (C=O) groups is 1. The number of anilines is 2. The number of rotatable bonds is 2. The maximum Gasteiger partial charge on any atom is 0.417 e. The predicted molar refractivity (Wildman–Crippen MR) is 94.5 cm³/mol. The molecule has 0 spiro atoms. The molecule has 138 valence electrons. The van der Waals surface area contributed by atoms with E-state index >= 15 is 0 Å². The van der Waals surface area contributed by atoms with Gasteiger partial charge in [-0.1, -0.05) is 6.92 Å². The molecule has 2 heterocycles. The summed E-state index contributed by atoms with van der Waals surface area (Å²) in [6.07, 6.45) is -1.82. The molecule has 0 radical (unpaired) electrons. The van der Waals surface area contributed by atoms with Gasteiger partial charge in [-0.25, -0.2) is 0 Å². The van der Waals surface area contributed by atoms with Crippen LogP contribution in [-0.4, -0.2) is 23.5 Å². The number of nitrogens with one attached hydrogen (secondary N) is 1. The Morgan fingerprint density at radius 3 is 2.65 bits per heavy atom. The van der Waals surface area contributed by atoms with Crippen LogP contribution in [0.15, 0.2) is 30.6 Å². The van der Waals surface area contributed by atoms with E-state index in [0.29, 0.717) is 12.2 Å². The van der Waals surface area contributed by atoms with Crippen molar-refractivity contribution < 1.29 is 18.0 Å². The van der Waals surface area contributed by atoms with Gasteiger partial charge in [-0.2, -0.15) is 13.2 Å². The summed E-state index contributed by atoms with van der Waals surface area (Å²) >= 11 is 0. The lowest BCUT2D eigenvalue weighted by Crippen LogP contribution is -2.45. The topological polar surface area (TPSA) is 45.2 Å². The third-order valence-electron chi connectivity index (χ3n) is 4.76. The largest absolute Gasteiger partial charge is 0.417 e. The van der Waals surface area contributed by atoms with Crippen molar-refractivity contribution in [1.82, 2.24) is 4.98 Å². The average molecular weight is 363 g/mol. The molecule has 1 atom stereocenters. The van der Waals surface area contributed by atoms with Gasteiger partial charge in [-0.05, 0) is 49.6 Å². The van der Waals surface area contributed by atoms with E-state index in [1.54, 1.807) is 0 Å². The minimum atomic E-state index is -4.61. The molecule has 4 nitrogen and oxygen atoms in total. The third kappa shape index (κ3) is 3.25. The molecule has 26 heavy (non-hydrogen) atoms. The Bertz CT molecular complexity index is 848. The van der Waals surface area contributed by atoms with Crippen LogP contribution in [-0.2, 0) is 6.18 Å². The van der Waals surface area contributed by atoms with Gasteiger partial charge in [-0.3, -0.25) is 9.78 Å². The van der Waals surface area contributed by atoms with Crippen LogP contribution in [0.5, 0.6) is 0 Å². The number of hydrogen-bond donors (Lipinski definition) is 1. The molecule has 0 fully saturated rings. The molecule has 1 aromatic heterocycles. The Morgan fingerprint density at radius 2 is 2.00 bits per heavy atom. The molecule has 1 aliphatic heterocycles. The van der Waals surface area contributed by atoms with Gasteiger partial charge < -0.3 is 10.2 Å². The first-order valence-electron chi connectivity index (χ1n) is 8.43. The van der Waals surface area contributed by atoms with Crippen molar-refractivity contribution in [2.75, 3.05) is 16.8 Å². The van der Waals surface area contributed by atoms with Gasteiger partial charge in [-0.15, -0.1) is 0 Å². The van der Waals surface area contributed by atoms with Gasteiger partial charge in [0.25, 0.3) is 5.91 Å². The lowest BCUT2D eigenvalue weighted by atomic mass is 10.0. The van der Waals surface area contributed by atoms with E-state index in [4.69, 9.17) is 0 Å². The second-order valence-corrected chi connectivity index (χ2v) is 6.54. The van der Waals surface area contributed by atoms with E-state index in [2.05, 4.69) is 10.3 Å². The first kappa shape index (κ1) is 18.2. The second-order valence-electron chi connectivity index (χ2n) is 6.54. The monoisotopic (exact) mass is 363 g/mol. The number of amides is 1. The van der Waals surface area contributed by atoms with Gasteiger partial charge >= 0.3 is 6.18 Å². The van der Waals surface area contributed by atoms with Gasteiger partial charge in [0.15, 0.2) is 0 Å². The lowest BCUT2D eigenvalue weighted by Gasteiger charge is -2.36. The number of nitrogens with zero attached hydrogens (tertiary/aromatic N) is 2. The fraction of sp³-hybridized carbons (Fsp3) is 0.368. The van der Waals surface area contributed by atoms with E-state index in [1.807, 2.05) is 32.9 Å². The molecule has 0 bridgehead atoms. The summed E-state index contributed by atoms with van der Waals surface area (Å²) in [5.41, 5.74) is 1.99. The minimum Gasteiger partial charge on any atom is -0.379 e. The van der Waals surface area contributed by atoms with Crippen LogP contribution in [0.25, 0.3) is 0 Å². The van der Waals surface area contributed by atoms with Gasteiger partial charge in [0.2, 0.25) is 0 Å². The van der Waals surface area contributed by atoms with Crippen molar-refractivity contribution in [3.05, 3.63) is 52.8 Å². The van der Waals surface area contributed by atoms with Gasteiger partial charge in [0.05, 0.1) is 22.5 Å². The molecular formula is C19H20F3N3O. The molecule has 1 amide bonds. The summed E-state index contributed by atoms with van der Waals surface area (Å²) in [5, 5.41) is 3.36. The van der Waals surface area contributed by atoms with Crippen LogP contribution in [0.1, 0.15) is 40.4 Å². The summed E-state index contributed by atoms with van der Waals surface area (Å²) in [6, 6.07) is 4.58. The Kier molecular flexibility index (Phi) is 4.64. The molecule has 2 aromatic rings. The standard InChI is InChI=1S/C19H20F3N3O/c1-4-13-10-25(17-8-12(3)11(2)7-16(17)24-13)18(26)14-9-23-6-5-15(14)19(20,21)22/h5-9,13,24H,4,10H2,1-3H3. The molecule has 1 N–H and O–H groups in total. The molecule has 1 unspecified atom stereocenters. The van der Waals surface area contributed by atoms with Crippen LogP contribution in [0.3, 0.4) is 0 Å². The number of aromatic nitrogens is 1. The van der Waals surface area contributed by atoms with Crippen LogP contribution in [0.2, 0.25) is 0 Å². The normalized spacial score (nSPS) is 16.8. The third-order valence-corrected chi connectivity index (χ3v) is 4.76. The quantitative estimate of drug-likeness (QED) is 0.850. The van der Waals surface area contributed by atoms with Crippen molar-refractivity contribution in [3.8, 4) is 0 Å². The Labute approximate surface area is 150 Å². The zero-order valence-electron chi connectivity index (χ0n) is 14.8. The number of benzene rings is 1. The van der Waals surface area contributed by atoms with Crippen molar-refractivity contribution >= 4 is 17.3 Å². The Hall–Kier alpha value is -2.57. The van der Waals surface area contributed by atoms with E-state index in [-0.39, 0.29) is 6.04 Å². The summed E-state index contributed by atoms with van der Waals surface area (Å²) in [6.45, 7) is 6.14. The zero-order chi connectivity index (χ0) is 19.1. The number of carbonyl (C=O) groups excluding carboxylic acids is 1. The van der Waals surface area contributed by atoms with E-state index < -0.39 is 23.2 Å². The summed E-state index contributed by atoms with van der Waals surface area (Å²) in [5.74, 6) is -0.685. The minimum absolute atomic E-state index is 0.0282. The lowest BCUT2D eigenvalue weighted by molar-refractivity contribution is -0.138. The van der Waals surface area contributed by atoms with Gasteiger partial charge in [0.1, 0.15) is 0 Å². The first-order chi connectivity index (χ1) is 12.2. The molecule has 0 saturated heterocycles. The van der Waals surface area contributed by atoms with Crippen LogP contribution >= 0.6 is 0 Å². The highest BCUT2D eigenvalue weighted by molar-refractivity contribution is 6.09. The van der Waals surface area contributed by atoms with Gasteiger partial charge in [0, 0.05) is 25.0 Å². The number of fused-ring (bicyclic) bond motifs is 1. The molecule has 1 aliphatic rings. The van der Waals surface area contributed by atoms with E-state index in [9.17, 15) is 18.0 Å². The number of alkyl halides is 3. The Balaban J connectivity index is 2.10. The molecule has 7 heteroatoms. The highest BCUT2D eigenvalue weighted by atomic mass is 19.4. The molecule has 0 aliphatic carbocycles. The SMILES string of the molecule is CCC1CN(C(=O)c2cnccc2C(F)(F)F)c2cc(C)c(C)cc2N1. The molecular weight excluding hydrogens is 343 g/mol. The predicted octanol–water partition coefficient (Wildman–Crippen LogP) is 4.57. The van der Waals surface area contributed by atoms with Crippen molar-refractivity contribution in [2.24, 2.45) is 0 Å². The van der Waals surface area contributed by atoms with Crippen molar-refractivity contribution in [2.45, 2.75) is 39.4 Å². The Morgan fingerprint density at radius 1 is 1.31 bits per heavy atom. The highest BCUT2D eigenvalue weighted by Gasteiger charge is 2.38. The molecule has 1 aromatic carbocycles. The second kappa shape index (κ2) is 6.63. The number of aryl methyl sites for hydroxylation is 2. The van der Waals surface area contributed by atoms with Crippen molar-refractivity contribution in [1.29, 1.82) is 0 Å². The molecule has 3 rings (SSSR count). The first-order valence-corrected chi connectivity index (χ1v) is 8.43. The maximum absolute atomic E-state index is 13.3. The summed E-state index contributed by atoms with van der Waals surface area (Å²) in [7, 11) is 0. The van der Waals surface area contributed by atoms with Crippen LogP contribution < -0.4 is 10.2 Å². The van der Waals surface area contributed by atoms with Crippen LogP contribution in [0, 0.1) is 13.8 Å². The average Bonchev–Trinajstić information content (AvgIpc) is 2.60. The summed E-state index contributed by atoms with van der Waals surface area (Å²) in [4.78, 5) is 18.2. The number of halogens is 3. The fourth-order valence-corrected chi connectivity index (χ4v) is 3.11.